The predicted octanol–water partition coefficient (Wildman–Crippen LogP) is 3.27. The molecular weight excluding hydrogens is 262 g/mol. The summed E-state index contributed by atoms with van der Waals surface area (Å²) < 4.78 is 6.26. The Hall–Kier alpha value is -1.06. The van der Waals surface area contributed by atoms with Crippen LogP contribution >= 0.6 is 0 Å². The smallest absolute Gasteiger partial charge is 0.123 e. The highest BCUT2D eigenvalue weighted by molar-refractivity contribution is 5.42. The quantitative estimate of drug-likeness (QED) is 0.875. The fourth-order valence-electron chi connectivity index (χ4n) is 3.41. The van der Waals surface area contributed by atoms with Crippen molar-refractivity contribution in [3.8, 4) is 5.75 Å². The van der Waals surface area contributed by atoms with Gasteiger partial charge < -0.3 is 15.2 Å². The van der Waals surface area contributed by atoms with E-state index in [1.54, 1.807) is 0 Å². The van der Waals surface area contributed by atoms with Gasteiger partial charge in [-0.05, 0) is 56.4 Å². The van der Waals surface area contributed by atoms with Crippen LogP contribution in [0.1, 0.15) is 49.8 Å². The number of aliphatic hydroxyl groups is 1. The highest BCUT2D eigenvalue weighted by Gasteiger charge is 2.40. The van der Waals surface area contributed by atoms with Gasteiger partial charge in [-0.25, -0.2) is 0 Å². The molecule has 0 heterocycles. The lowest BCUT2D eigenvalue weighted by Crippen LogP contribution is -2.50. The van der Waals surface area contributed by atoms with Crippen LogP contribution in [-0.2, 0) is 0 Å². The van der Waals surface area contributed by atoms with Crippen LogP contribution in [0.4, 0.5) is 0 Å². The van der Waals surface area contributed by atoms with E-state index < -0.39 is 0 Å². The van der Waals surface area contributed by atoms with Crippen molar-refractivity contribution in [2.24, 2.45) is 0 Å². The van der Waals surface area contributed by atoms with E-state index in [4.69, 9.17) is 4.74 Å². The maximum atomic E-state index is 9.77. The van der Waals surface area contributed by atoms with Crippen molar-refractivity contribution >= 4 is 0 Å². The topological polar surface area (TPSA) is 41.5 Å². The van der Waals surface area contributed by atoms with Crippen LogP contribution in [0.25, 0.3) is 0 Å². The molecule has 2 unspecified atom stereocenters. The van der Waals surface area contributed by atoms with Crippen molar-refractivity contribution in [1.29, 1.82) is 0 Å². The molecule has 21 heavy (non-hydrogen) atoms. The zero-order valence-corrected chi connectivity index (χ0v) is 14.0. The molecule has 3 heteroatoms. The third-order valence-corrected chi connectivity index (χ3v) is 4.52. The Morgan fingerprint density at radius 3 is 2.67 bits per heavy atom. The van der Waals surface area contributed by atoms with Gasteiger partial charge in [-0.1, -0.05) is 19.9 Å². The van der Waals surface area contributed by atoms with Gasteiger partial charge in [0.05, 0.1) is 6.61 Å². The molecule has 1 aromatic carbocycles. The number of ether oxygens (including phenoxy) is 1. The first kappa shape index (κ1) is 16.3. The lowest BCUT2D eigenvalue weighted by Gasteiger charge is -2.31. The molecule has 2 rings (SSSR count). The van der Waals surface area contributed by atoms with Crippen LogP contribution in [0, 0.1) is 20.8 Å². The van der Waals surface area contributed by atoms with Crippen LogP contribution in [0.5, 0.6) is 5.75 Å². The second-order valence-corrected chi connectivity index (χ2v) is 6.93. The Kier molecular flexibility index (Phi) is 4.95. The summed E-state index contributed by atoms with van der Waals surface area (Å²) in [6.07, 6.45) is 3.01. The Morgan fingerprint density at radius 1 is 1.33 bits per heavy atom. The molecule has 2 N–H and O–H groups in total. The molecule has 0 radical (unpaired) electrons. The molecule has 0 saturated heterocycles. The second-order valence-electron chi connectivity index (χ2n) is 6.93. The molecule has 1 aliphatic rings. The van der Waals surface area contributed by atoms with Crippen LogP contribution < -0.4 is 10.1 Å². The molecule has 0 spiro atoms. The summed E-state index contributed by atoms with van der Waals surface area (Å²) in [5.74, 6) is 0.996. The number of hydrogen-bond donors (Lipinski definition) is 2. The summed E-state index contributed by atoms with van der Waals surface area (Å²) in [5.41, 5.74) is 3.56. The van der Waals surface area contributed by atoms with Crippen LogP contribution in [-0.4, -0.2) is 29.4 Å². The molecule has 0 bridgehead atoms. The minimum Gasteiger partial charge on any atom is -0.490 e. The summed E-state index contributed by atoms with van der Waals surface area (Å²) >= 11 is 0. The molecule has 1 aliphatic carbocycles. The van der Waals surface area contributed by atoms with E-state index in [1.165, 1.54) is 16.7 Å². The van der Waals surface area contributed by atoms with Gasteiger partial charge in [-0.2, -0.15) is 0 Å². The second kappa shape index (κ2) is 6.37. The summed E-state index contributed by atoms with van der Waals surface area (Å²) in [6, 6.07) is 4.69. The molecule has 1 aromatic rings. The van der Waals surface area contributed by atoms with Gasteiger partial charge in [0.1, 0.15) is 11.9 Å². The highest BCUT2D eigenvalue weighted by Crippen LogP contribution is 2.34. The Labute approximate surface area is 128 Å². The minimum absolute atomic E-state index is 0.175. The van der Waals surface area contributed by atoms with Crippen molar-refractivity contribution in [3.05, 3.63) is 28.8 Å². The molecule has 0 aromatic heterocycles. The molecule has 118 valence electrons. The molecule has 0 amide bonds. The number of aryl methyl sites for hydroxylation is 2. The number of benzene rings is 1. The van der Waals surface area contributed by atoms with Crippen LogP contribution in [0.3, 0.4) is 0 Å². The summed E-state index contributed by atoms with van der Waals surface area (Å²) in [4.78, 5) is 0. The van der Waals surface area contributed by atoms with Gasteiger partial charge in [0.25, 0.3) is 0 Å². The van der Waals surface area contributed by atoms with E-state index in [2.05, 4.69) is 52.1 Å². The van der Waals surface area contributed by atoms with Crippen molar-refractivity contribution in [3.63, 3.8) is 0 Å². The van der Waals surface area contributed by atoms with E-state index in [0.29, 0.717) is 6.04 Å². The fourth-order valence-corrected chi connectivity index (χ4v) is 3.41. The molecule has 2 atom stereocenters. The number of nitrogens with one attached hydrogen (secondary N) is 1. The van der Waals surface area contributed by atoms with Gasteiger partial charge >= 0.3 is 0 Å². The lowest BCUT2D eigenvalue weighted by molar-refractivity contribution is 0.133. The molecule has 1 saturated carbocycles. The minimum atomic E-state index is -0.175. The average Bonchev–Trinajstić information content (AvgIpc) is 2.78. The summed E-state index contributed by atoms with van der Waals surface area (Å²) in [5, 5.41) is 13.3. The normalized spacial score (nSPS) is 25.6. The third kappa shape index (κ3) is 3.78. The molecule has 0 aliphatic heterocycles. The Balaban J connectivity index is 2.09. The van der Waals surface area contributed by atoms with E-state index >= 15 is 0 Å². The van der Waals surface area contributed by atoms with E-state index in [9.17, 15) is 5.11 Å². The predicted molar refractivity (Wildman–Crippen MR) is 87.0 cm³/mol. The average molecular weight is 291 g/mol. The van der Waals surface area contributed by atoms with E-state index in [-0.39, 0.29) is 18.2 Å². The van der Waals surface area contributed by atoms with Gasteiger partial charge in [-0.15, -0.1) is 0 Å². The van der Waals surface area contributed by atoms with E-state index in [0.717, 1.165) is 25.0 Å². The lowest BCUT2D eigenvalue weighted by atomic mass is 9.97. The van der Waals surface area contributed by atoms with Crippen molar-refractivity contribution in [2.75, 3.05) is 6.61 Å². The Bertz CT molecular complexity index is 498. The largest absolute Gasteiger partial charge is 0.490 e. The maximum absolute atomic E-state index is 9.77. The maximum Gasteiger partial charge on any atom is 0.123 e. The standard InChI is InChI=1S/C18H29NO2/c1-12(2)19-18(11-20)7-6-16(10-18)21-17-9-13(3)8-14(4)15(17)5/h8-9,12,16,19-20H,6-7,10-11H2,1-5H3. The van der Waals surface area contributed by atoms with Gasteiger partial charge in [0.15, 0.2) is 0 Å². The Morgan fingerprint density at radius 2 is 2.05 bits per heavy atom. The van der Waals surface area contributed by atoms with Crippen LogP contribution in [0.15, 0.2) is 12.1 Å². The fraction of sp³-hybridized carbons (Fsp3) is 0.667. The zero-order chi connectivity index (χ0) is 15.6. The molecule has 3 nitrogen and oxygen atoms in total. The third-order valence-electron chi connectivity index (χ3n) is 4.52. The molecular formula is C18H29NO2. The zero-order valence-electron chi connectivity index (χ0n) is 14.0. The number of hydrogen-bond acceptors (Lipinski definition) is 3. The van der Waals surface area contributed by atoms with Gasteiger partial charge in [0, 0.05) is 18.0 Å². The first-order valence-corrected chi connectivity index (χ1v) is 7.98. The number of aliphatic hydroxyl groups excluding tert-OH is 1. The van der Waals surface area contributed by atoms with Crippen molar-refractivity contribution < 1.29 is 9.84 Å². The SMILES string of the molecule is Cc1cc(C)c(C)c(OC2CCC(CO)(NC(C)C)C2)c1. The first-order valence-electron chi connectivity index (χ1n) is 7.98. The van der Waals surface area contributed by atoms with Gasteiger partial charge in [-0.3, -0.25) is 0 Å². The highest BCUT2D eigenvalue weighted by atomic mass is 16.5. The van der Waals surface area contributed by atoms with E-state index in [1.807, 2.05) is 0 Å². The first-order chi connectivity index (χ1) is 9.85. The number of rotatable bonds is 5. The van der Waals surface area contributed by atoms with Crippen molar-refractivity contribution in [2.45, 2.75) is 71.6 Å². The van der Waals surface area contributed by atoms with Crippen LogP contribution in [0.2, 0.25) is 0 Å². The monoisotopic (exact) mass is 291 g/mol. The van der Waals surface area contributed by atoms with Crippen molar-refractivity contribution in [1.82, 2.24) is 5.32 Å². The summed E-state index contributed by atoms with van der Waals surface area (Å²) in [7, 11) is 0. The molecule has 1 fully saturated rings. The van der Waals surface area contributed by atoms with Gasteiger partial charge in [0.2, 0.25) is 0 Å². The summed E-state index contributed by atoms with van der Waals surface area (Å²) in [6.45, 7) is 10.8.